The summed E-state index contributed by atoms with van der Waals surface area (Å²) in [5.74, 6) is -0.382. The average molecular weight is 717 g/mol. The Hall–Kier alpha value is -3.13. The molecule has 0 radical (unpaired) electrons. The van der Waals surface area contributed by atoms with Crippen molar-refractivity contribution in [2.75, 3.05) is 72.2 Å². The van der Waals surface area contributed by atoms with E-state index in [4.69, 9.17) is 58.3 Å². The number of nitrogen functional groups attached to an aromatic ring is 1. The number of benzene rings is 1. The number of ether oxygens (including phenoxy) is 4. The number of methoxy groups -OCH3 is 1. The van der Waals surface area contributed by atoms with E-state index in [9.17, 15) is 0 Å². The smallest absolute Gasteiger partial charge is 0.227 e. The van der Waals surface area contributed by atoms with Gasteiger partial charge < -0.3 is 30.0 Å². The van der Waals surface area contributed by atoms with Gasteiger partial charge >= 0.3 is 0 Å². The molecule has 3 aliphatic heterocycles. The number of fused-ring (bicyclic) bond motifs is 1. The van der Waals surface area contributed by atoms with E-state index in [-0.39, 0.29) is 63.0 Å². The monoisotopic (exact) mass is 715 g/mol. The largest absolute Gasteiger partial charge is 0.480 e. The standard InChI is InChI=1S/C35H44Cl2FN7O4/c1-4-47-12-6-10-42-33(43-19-49-18-35-9-5-11-45(35)15-21(14-35)22-16-48-17-22)28-30(41-2)29(38)31(44-34(28)46-3)27-25(20-7-8-20)23(36)13-24(39)26(27)32(37)40/h13,20,40H,2,4-12,14-19,39H2,1,3H3,(H,42,43). The summed E-state index contributed by atoms with van der Waals surface area (Å²) < 4.78 is 39.8. The van der Waals surface area contributed by atoms with Crippen LogP contribution in [0.4, 0.5) is 15.8 Å². The molecule has 4 heterocycles. The highest BCUT2D eigenvalue weighted by Gasteiger charge is 2.47. The Kier molecular flexibility index (Phi) is 11.2. The molecule has 3 saturated heterocycles. The van der Waals surface area contributed by atoms with Gasteiger partial charge in [-0.1, -0.05) is 28.8 Å². The van der Waals surface area contributed by atoms with Crippen LogP contribution in [0.3, 0.4) is 0 Å². The van der Waals surface area contributed by atoms with E-state index in [1.54, 1.807) is 6.07 Å². The van der Waals surface area contributed by atoms with Crippen molar-refractivity contribution in [2.45, 2.75) is 56.9 Å². The number of nitrogens with one attached hydrogen (secondary N) is 2. The molecule has 264 valence electrons. The van der Waals surface area contributed by atoms with Crippen molar-refractivity contribution in [3.8, 4) is 17.1 Å². The maximum atomic E-state index is 16.8. The third-order valence-corrected chi connectivity index (χ3v) is 10.3. The van der Waals surface area contributed by atoms with Gasteiger partial charge in [0.25, 0.3) is 0 Å². The van der Waals surface area contributed by atoms with Crippen LogP contribution in [0.1, 0.15) is 68.1 Å². The third-order valence-electron chi connectivity index (χ3n) is 9.82. The highest BCUT2D eigenvalue weighted by molar-refractivity contribution is 6.69. The lowest BCUT2D eigenvalue weighted by molar-refractivity contribution is 0.0392. The predicted octanol–water partition coefficient (Wildman–Crippen LogP) is 6.21. The van der Waals surface area contributed by atoms with Gasteiger partial charge in [0, 0.05) is 53.7 Å². The lowest BCUT2D eigenvalue weighted by atomic mass is 9.91. The zero-order valence-corrected chi connectivity index (χ0v) is 29.6. The van der Waals surface area contributed by atoms with Gasteiger partial charge in [-0.05, 0) is 81.8 Å². The number of halogens is 3. The van der Waals surface area contributed by atoms with Crippen LogP contribution >= 0.6 is 23.2 Å². The molecule has 1 unspecified atom stereocenters. The molecule has 1 aromatic carbocycles. The zero-order chi connectivity index (χ0) is 34.7. The molecule has 1 aromatic heterocycles. The van der Waals surface area contributed by atoms with Crippen molar-refractivity contribution in [3.05, 3.63) is 44.7 Å². The minimum Gasteiger partial charge on any atom is -0.480 e. The van der Waals surface area contributed by atoms with Crippen LogP contribution in [0.15, 0.2) is 27.2 Å². The Morgan fingerprint density at radius 2 is 2.08 bits per heavy atom. The van der Waals surface area contributed by atoms with Crippen molar-refractivity contribution in [1.29, 1.82) is 5.41 Å². The molecule has 6 rings (SSSR count). The lowest BCUT2D eigenvalue weighted by Crippen LogP contribution is -2.42. The molecule has 4 fully saturated rings. The van der Waals surface area contributed by atoms with E-state index in [0.29, 0.717) is 49.2 Å². The van der Waals surface area contributed by atoms with Crippen LogP contribution in [0.2, 0.25) is 5.02 Å². The summed E-state index contributed by atoms with van der Waals surface area (Å²) in [6, 6.07) is 1.55. The van der Waals surface area contributed by atoms with E-state index in [1.807, 2.05) is 6.92 Å². The highest BCUT2D eigenvalue weighted by Crippen LogP contribution is 2.51. The number of aliphatic imine (C=N–C) groups is 2. The van der Waals surface area contributed by atoms with Crippen molar-refractivity contribution in [1.82, 2.24) is 15.2 Å². The topological polar surface area (TPSA) is 140 Å². The highest BCUT2D eigenvalue weighted by atomic mass is 35.5. The minimum absolute atomic E-state index is 0.0196. The second kappa shape index (κ2) is 15.4. The maximum absolute atomic E-state index is 16.8. The van der Waals surface area contributed by atoms with Gasteiger partial charge in [-0.15, -0.1) is 0 Å². The first-order valence-electron chi connectivity index (χ1n) is 16.8. The predicted molar refractivity (Wildman–Crippen MR) is 192 cm³/mol. The lowest BCUT2D eigenvalue weighted by Gasteiger charge is -2.31. The molecule has 0 bridgehead atoms. The number of hydrogen-bond acceptors (Lipinski definition) is 10. The van der Waals surface area contributed by atoms with Gasteiger partial charge in [0.05, 0.1) is 26.9 Å². The van der Waals surface area contributed by atoms with Crippen LogP contribution in [-0.2, 0) is 14.2 Å². The number of rotatable bonds is 15. The van der Waals surface area contributed by atoms with Gasteiger partial charge in [0.2, 0.25) is 5.88 Å². The molecule has 1 saturated carbocycles. The molecule has 4 aliphatic rings. The maximum Gasteiger partial charge on any atom is 0.227 e. The first kappa shape index (κ1) is 35.7. The van der Waals surface area contributed by atoms with Gasteiger partial charge in [0.15, 0.2) is 5.82 Å². The quantitative estimate of drug-likeness (QED) is 0.0651. The van der Waals surface area contributed by atoms with Crippen LogP contribution in [0, 0.1) is 11.2 Å². The summed E-state index contributed by atoms with van der Waals surface area (Å²) in [6.07, 6.45) is 5.55. The fourth-order valence-electron chi connectivity index (χ4n) is 7.22. The van der Waals surface area contributed by atoms with E-state index >= 15 is 4.39 Å². The Balaban J connectivity index is 1.35. The average Bonchev–Trinajstić information content (AvgIpc) is 3.71. The first-order chi connectivity index (χ1) is 23.7. The number of nitrogens with two attached hydrogens (primary N) is 1. The van der Waals surface area contributed by atoms with Crippen LogP contribution in [0.5, 0.6) is 5.88 Å². The van der Waals surface area contributed by atoms with Crippen molar-refractivity contribution >= 4 is 52.3 Å². The Morgan fingerprint density at radius 3 is 2.73 bits per heavy atom. The van der Waals surface area contributed by atoms with Crippen molar-refractivity contribution in [3.63, 3.8) is 0 Å². The fraction of sp³-hybridized carbons (Fsp3) is 0.543. The minimum atomic E-state index is -0.787. The molecule has 4 N–H and O–H groups in total. The van der Waals surface area contributed by atoms with Gasteiger partial charge in [-0.25, -0.2) is 14.4 Å². The number of amidine groups is 1. The second-order valence-corrected chi connectivity index (χ2v) is 13.7. The SMILES string of the molecule is C=Nc1c(F)c(-c2c(C(=N)Cl)c(N)cc(Cl)c2C2CC2)nc(OC)c1/C(=N\COCC12CCCN1CC(=C1COC1)C2)NCCCOCC. The van der Waals surface area contributed by atoms with Gasteiger partial charge in [-0.3, -0.25) is 15.3 Å². The van der Waals surface area contributed by atoms with Crippen molar-refractivity contribution in [2.24, 2.45) is 9.98 Å². The summed E-state index contributed by atoms with van der Waals surface area (Å²) in [6.45, 7) is 11.3. The molecule has 0 amide bonds. The third kappa shape index (κ3) is 7.22. The van der Waals surface area contributed by atoms with Crippen molar-refractivity contribution < 1.29 is 23.3 Å². The van der Waals surface area contributed by atoms with Crippen LogP contribution in [0.25, 0.3) is 11.3 Å². The fourth-order valence-corrected chi connectivity index (χ4v) is 7.79. The Bertz CT molecular complexity index is 1680. The zero-order valence-electron chi connectivity index (χ0n) is 28.1. The molecule has 11 nitrogen and oxygen atoms in total. The number of hydrogen-bond donors (Lipinski definition) is 3. The molecule has 1 aliphatic carbocycles. The first-order valence-corrected chi connectivity index (χ1v) is 17.6. The van der Waals surface area contributed by atoms with E-state index in [0.717, 1.165) is 58.4 Å². The molecule has 49 heavy (non-hydrogen) atoms. The van der Waals surface area contributed by atoms with Crippen LogP contribution < -0.4 is 15.8 Å². The number of nitrogens with zero attached hydrogens (tertiary/aromatic N) is 4. The van der Waals surface area contributed by atoms with Gasteiger partial charge in [-0.2, -0.15) is 0 Å². The molecule has 1 atom stereocenters. The molecule has 2 aromatic rings. The second-order valence-electron chi connectivity index (χ2n) is 13.0. The molecule has 14 heteroatoms. The summed E-state index contributed by atoms with van der Waals surface area (Å²) >= 11 is 12.9. The number of pyridine rings is 1. The van der Waals surface area contributed by atoms with E-state index in [2.05, 4.69) is 26.9 Å². The van der Waals surface area contributed by atoms with E-state index in [1.165, 1.54) is 18.3 Å². The van der Waals surface area contributed by atoms with Crippen LogP contribution in [-0.4, -0.2) is 99.7 Å². The number of anilines is 1. The van der Waals surface area contributed by atoms with E-state index < -0.39 is 5.82 Å². The summed E-state index contributed by atoms with van der Waals surface area (Å²) in [4.78, 5) is 16.1. The summed E-state index contributed by atoms with van der Waals surface area (Å²) in [5.41, 5.74) is 10.3. The molecular weight excluding hydrogens is 672 g/mol. The molecule has 0 spiro atoms. The Morgan fingerprint density at radius 1 is 1.29 bits per heavy atom. The van der Waals surface area contributed by atoms with Gasteiger partial charge in [0.1, 0.15) is 34.7 Å². The molecular formula is C35H44Cl2FN7O4. The normalized spacial score (nSPS) is 20.8. The summed E-state index contributed by atoms with van der Waals surface area (Å²) in [7, 11) is 1.44. The Labute approximate surface area is 296 Å². The summed E-state index contributed by atoms with van der Waals surface area (Å²) in [5, 5.41) is 11.6. The number of aromatic nitrogens is 1.